The first-order valence-corrected chi connectivity index (χ1v) is 15.2. The molecule has 2 fully saturated rings. The van der Waals surface area contributed by atoms with Gasteiger partial charge >= 0.3 is 0 Å². The number of anilines is 3. The largest absolute Gasteiger partial charge is 0.497 e. The molecule has 2 aromatic carbocycles. The van der Waals surface area contributed by atoms with Gasteiger partial charge in [-0.3, -0.25) is 9.78 Å². The lowest BCUT2D eigenvalue weighted by Gasteiger charge is -2.22. The number of imidazole rings is 1. The maximum atomic E-state index is 13.6. The summed E-state index contributed by atoms with van der Waals surface area (Å²) < 4.78 is 37.5. The fourth-order valence-corrected chi connectivity index (χ4v) is 5.54. The van der Waals surface area contributed by atoms with Gasteiger partial charge in [-0.2, -0.15) is 0 Å². The van der Waals surface area contributed by atoms with Crippen LogP contribution < -0.4 is 25.0 Å². The molecule has 0 unspecified atom stereocenters. The average Bonchev–Trinajstić information content (AvgIpc) is 3.45. The molecule has 2 aliphatic rings. The summed E-state index contributed by atoms with van der Waals surface area (Å²) in [5.41, 5.74) is 5.38. The lowest BCUT2D eigenvalue weighted by Crippen LogP contribution is -2.28. The van der Waals surface area contributed by atoms with Crippen molar-refractivity contribution in [3.8, 4) is 22.8 Å². The van der Waals surface area contributed by atoms with Crippen molar-refractivity contribution < 1.29 is 28.1 Å². The molecule has 47 heavy (non-hydrogen) atoms. The van der Waals surface area contributed by atoms with Gasteiger partial charge in [0, 0.05) is 43.4 Å². The number of fused-ring (bicyclic) bond motifs is 1. The molecule has 1 aliphatic heterocycles. The van der Waals surface area contributed by atoms with Crippen LogP contribution in [0.3, 0.4) is 0 Å². The van der Waals surface area contributed by atoms with Crippen LogP contribution >= 0.6 is 0 Å². The Kier molecular flexibility index (Phi) is 8.31. The number of carbonyl (C=O) groups excluding carboxylic acids is 1. The summed E-state index contributed by atoms with van der Waals surface area (Å²) in [6, 6.07) is 18.7. The molecule has 1 amide bonds. The predicted octanol–water partition coefficient (Wildman–Crippen LogP) is 5.07. The number of aromatic nitrogens is 4. The molecular weight excluding hydrogens is 605 g/mol. The van der Waals surface area contributed by atoms with Crippen molar-refractivity contribution in [3.05, 3.63) is 89.9 Å². The molecular formula is C34H34FN7O5. The van der Waals surface area contributed by atoms with E-state index in [1.165, 1.54) is 10.7 Å². The normalized spacial score (nSPS) is 17.4. The van der Waals surface area contributed by atoms with Gasteiger partial charge in [0.25, 0.3) is 5.91 Å². The highest BCUT2D eigenvalue weighted by Crippen LogP contribution is 2.38. The molecule has 2 atom stereocenters. The predicted molar refractivity (Wildman–Crippen MR) is 173 cm³/mol. The van der Waals surface area contributed by atoms with Crippen LogP contribution in [0.5, 0.6) is 11.5 Å². The van der Waals surface area contributed by atoms with E-state index < -0.39 is 24.4 Å². The zero-order valence-electron chi connectivity index (χ0n) is 26.1. The van der Waals surface area contributed by atoms with Crippen LogP contribution in [0.1, 0.15) is 34.3 Å². The second kappa shape index (κ2) is 12.9. The minimum absolute atomic E-state index is 0.196. The summed E-state index contributed by atoms with van der Waals surface area (Å²) in [5.74, 6) is 1.31. The molecule has 5 aromatic rings. The zero-order chi connectivity index (χ0) is 32.5. The third-order valence-corrected chi connectivity index (χ3v) is 8.14. The first kappa shape index (κ1) is 30.4. The van der Waals surface area contributed by atoms with Gasteiger partial charge in [0.15, 0.2) is 29.2 Å². The number of carbonyl (C=O) groups is 1. The molecule has 3 aromatic heterocycles. The van der Waals surface area contributed by atoms with Crippen molar-refractivity contribution in [2.45, 2.75) is 31.5 Å². The molecule has 0 radical (unpaired) electrons. The monoisotopic (exact) mass is 639 g/mol. The van der Waals surface area contributed by atoms with E-state index in [1.807, 2.05) is 72.6 Å². The van der Waals surface area contributed by atoms with Crippen molar-refractivity contribution in [3.63, 3.8) is 0 Å². The number of rotatable bonds is 11. The maximum absolute atomic E-state index is 13.6. The number of pyridine rings is 1. The Morgan fingerprint density at radius 2 is 1.83 bits per heavy atom. The Morgan fingerprint density at radius 3 is 2.51 bits per heavy atom. The van der Waals surface area contributed by atoms with Crippen LogP contribution in [-0.2, 0) is 16.0 Å². The fraction of sp³-hybridized carbons (Fsp3) is 0.294. The average molecular weight is 640 g/mol. The number of ether oxygens (including phenoxy) is 4. The second-order valence-corrected chi connectivity index (χ2v) is 11.4. The summed E-state index contributed by atoms with van der Waals surface area (Å²) in [6.07, 6.45) is 2.05. The lowest BCUT2D eigenvalue weighted by atomic mass is 10.1. The van der Waals surface area contributed by atoms with Crippen molar-refractivity contribution in [2.75, 3.05) is 44.7 Å². The standard InChI is InChI=1S/C34H34FN7O5/c1-41(19-20-7-10-22(44-2)11-8-20)28-16-30(40-42-29(18-37-32(28)42)33(43)39-27-15-24(27)35)38-26-6-4-5-23(31(26)45-3)25-12-9-21(17-36-25)34-46-13-14-47-34/h4-12,16-18,24,27,34H,13-15,19H2,1-3H3,(H,38,40)(H,39,43)/t24-,27+/m0/s1. The molecule has 1 saturated carbocycles. The van der Waals surface area contributed by atoms with E-state index in [0.717, 1.165) is 28.1 Å². The second-order valence-electron chi connectivity index (χ2n) is 11.4. The topological polar surface area (TPSA) is 124 Å². The van der Waals surface area contributed by atoms with Gasteiger partial charge in [-0.25, -0.2) is 13.9 Å². The van der Waals surface area contributed by atoms with E-state index in [4.69, 9.17) is 24.0 Å². The van der Waals surface area contributed by atoms with Crippen molar-refractivity contribution in [1.29, 1.82) is 0 Å². The Hall–Kier alpha value is -5.27. The highest BCUT2D eigenvalue weighted by Gasteiger charge is 2.39. The molecule has 1 aliphatic carbocycles. The summed E-state index contributed by atoms with van der Waals surface area (Å²) in [6.45, 7) is 1.65. The van der Waals surface area contributed by atoms with Gasteiger partial charge in [-0.1, -0.05) is 24.3 Å². The van der Waals surface area contributed by atoms with Gasteiger partial charge in [0.2, 0.25) is 0 Å². The summed E-state index contributed by atoms with van der Waals surface area (Å²) in [5, 5.41) is 10.9. The molecule has 0 bridgehead atoms. The molecule has 7 rings (SSSR count). The highest BCUT2D eigenvalue weighted by molar-refractivity contribution is 5.94. The van der Waals surface area contributed by atoms with Crippen LogP contribution in [0.4, 0.5) is 21.6 Å². The van der Waals surface area contributed by atoms with Gasteiger partial charge in [0.05, 0.1) is 56.7 Å². The SMILES string of the molecule is COc1ccc(CN(C)c2cc(Nc3cccc(-c4ccc(C5OCCO5)cn4)c3OC)nn3c(C(=O)N[C@@H]4C[C@@H]4F)cnc23)cc1. The minimum Gasteiger partial charge on any atom is -0.497 e. The smallest absolute Gasteiger partial charge is 0.271 e. The molecule has 242 valence electrons. The van der Waals surface area contributed by atoms with Gasteiger partial charge in [-0.15, -0.1) is 5.10 Å². The first-order valence-electron chi connectivity index (χ1n) is 15.2. The number of para-hydroxylation sites is 1. The number of methoxy groups -OCH3 is 2. The zero-order valence-corrected chi connectivity index (χ0v) is 26.1. The summed E-state index contributed by atoms with van der Waals surface area (Å²) >= 11 is 0. The van der Waals surface area contributed by atoms with Crippen molar-refractivity contribution in [1.82, 2.24) is 24.9 Å². The van der Waals surface area contributed by atoms with Crippen LogP contribution in [0.15, 0.2) is 73.1 Å². The minimum atomic E-state index is -1.04. The third kappa shape index (κ3) is 6.27. The molecule has 2 N–H and O–H groups in total. The highest BCUT2D eigenvalue weighted by atomic mass is 19.1. The van der Waals surface area contributed by atoms with Gasteiger partial charge in [0.1, 0.15) is 11.9 Å². The number of hydrogen-bond acceptors (Lipinski definition) is 10. The molecule has 4 heterocycles. The third-order valence-electron chi connectivity index (χ3n) is 8.14. The van der Waals surface area contributed by atoms with Gasteiger partial charge < -0.3 is 34.5 Å². The first-order chi connectivity index (χ1) is 22.9. The number of halogens is 1. The van der Waals surface area contributed by atoms with E-state index in [2.05, 4.69) is 20.6 Å². The van der Waals surface area contributed by atoms with E-state index in [0.29, 0.717) is 54.8 Å². The van der Waals surface area contributed by atoms with E-state index in [9.17, 15) is 9.18 Å². The number of nitrogens with zero attached hydrogens (tertiary/aromatic N) is 5. The quantitative estimate of drug-likeness (QED) is 0.202. The van der Waals surface area contributed by atoms with E-state index in [-0.39, 0.29) is 5.69 Å². The number of alkyl halides is 1. The van der Waals surface area contributed by atoms with Crippen LogP contribution in [0.2, 0.25) is 0 Å². The maximum Gasteiger partial charge on any atom is 0.271 e. The molecule has 13 heteroatoms. The van der Waals surface area contributed by atoms with Crippen LogP contribution in [0, 0.1) is 0 Å². The number of nitrogens with one attached hydrogen (secondary N) is 2. The number of amides is 1. The Balaban J connectivity index is 1.23. The molecule has 1 saturated heterocycles. The van der Waals surface area contributed by atoms with E-state index in [1.54, 1.807) is 20.4 Å². The molecule has 12 nitrogen and oxygen atoms in total. The van der Waals surface area contributed by atoms with Crippen LogP contribution in [-0.4, -0.2) is 72.2 Å². The molecule has 0 spiro atoms. The summed E-state index contributed by atoms with van der Waals surface area (Å²) in [4.78, 5) is 24.4. The van der Waals surface area contributed by atoms with Crippen molar-refractivity contribution in [2.24, 2.45) is 0 Å². The number of benzene rings is 2. The fourth-order valence-electron chi connectivity index (χ4n) is 5.54. The number of hydrogen-bond donors (Lipinski definition) is 2. The lowest BCUT2D eigenvalue weighted by molar-refractivity contribution is -0.0443. The Labute approximate surface area is 270 Å². The Morgan fingerprint density at radius 1 is 1.04 bits per heavy atom. The van der Waals surface area contributed by atoms with Crippen molar-refractivity contribution >= 4 is 28.7 Å². The van der Waals surface area contributed by atoms with Gasteiger partial charge in [-0.05, 0) is 35.9 Å². The van der Waals surface area contributed by atoms with E-state index >= 15 is 0 Å². The van der Waals surface area contributed by atoms with Crippen LogP contribution in [0.25, 0.3) is 16.9 Å². The summed E-state index contributed by atoms with van der Waals surface area (Å²) in [7, 11) is 5.16. The Bertz CT molecular complexity index is 1890.